The molecular weight excluding hydrogens is 416 g/mol. The van der Waals surface area contributed by atoms with Gasteiger partial charge in [0, 0.05) is 18.0 Å². The number of hydrogen-bond acceptors (Lipinski definition) is 4. The number of amides is 1. The highest BCUT2D eigenvalue weighted by atomic mass is 32.2. The topological polar surface area (TPSA) is 66.5 Å². The fourth-order valence-corrected chi connectivity index (χ4v) is 6.49. The molecule has 1 aliphatic rings. The van der Waals surface area contributed by atoms with E-state index in [1.165, 1.54) is 11.3 Å². The summed E-state index contributed by atoms with van der Waals surface area (Å²) in [5, 5.41) is 2.89. The maximum absolute atomic E-state index is 12.6. The molecule has 1 saturated heterocycles. The van der Waals surface area contributed by atoms with Gasteiger partial charge in [-0.1, -0.05) is 54.6 Å². The zero-order valence-corrected chi connectivity index (χ0v) is 18.2. The molecule has 1 amide bonds. The molecule has 1 aliphatic heterocycles. The monoisotopic (exact) mass is 440 g/mol. The summed E-state index contributed by atoms with van der Waals surface area (Å²) in [6, 6.07) is 21.5. The van der Waals surface area contributed by atoms with Gasteiger partial charge in [0.2, 0.25) is 5.91 Å². The van der Waals surface area contributed by atoms with Gasteiger partial charge in [-0.2, -0.15) is 4.31 Å². The number of sulfonamides is 1. The molecule has 4 rings (SSSR count). The maximum atomic E-state index is 12.6. The molecule has 1 fully saturated rings. The lowest BCUT2D eigenvalue weighted by Gasteiger charge is -2.13. The van der Waals surface area contributed by atoms with Gasteiger partial charge in [0.1, 0.15) is 4.21 Å². The summed E-state index contributed by atoms with van der Waals surface area (Å²) < 4.78 is 27.1. The van der Waals surface area contributed by atoms with Crippen LogP contribution in [0, 0.1) is 0 Å². The standard InChI is InChI=1S/C23H24N2O3S2/c26-22(16-18-8-10-20(11-9-18)19-6-2-1-3-7-19)24-17-21-12-13-23(29-21)30(27,28)25-14-4-5-15-25/h1-3,6-13H,4-5,14-17H2,(H,24,26). The predicted octanol–water partition coefficient (Wildman–Crippen LogP) is 4.06. The van der Waals surface area contributed by atoms with Crippen LogP contribution in [0.15, 0.2) is 70.9 Å². The first-order valence-corrected chi connectivity index (χ1v) is 12.3. The van der Waals surface area contributed by atoms with Crippen LogP contribution < -0.4 is 5.32 Å². The van der Waals surface area contributed by atoms with Gasteiger partial charge in [0.05, 0.1) is 13.0 Å². The van der Waals surface area contributed by atoms with Gasteiger partial charge in [-0.3, -0.25) is 4.79 Å². The van der Waals surface area contributed by atoms with Gasteiger partial charge in [-0.25, -0.2) is 8.42 Å². The fraction of sp³-hybridized carbons (Fsp3) is 0.261. The number of carbonyl (C=O) groups is 1. The molecule has 0 radical (unpaired) electrons. The Kier molecular flexibility index (Phi) is 6.32. The summed E-state index contributed by atoms with van der Waals surface area (Å²) in [6.45, 7) is 1.52. The predicted molar refractivity (Wildman–Crippen MR) is 120 cm³/mol. The molecule has 30 heavy (non-hydrogen) atoms. The number of nitrogens with one attached hydrogen (secondary N) is 1. The Morgan fingerprint density at radius 3 is 2.27 bits per heavy atom. The average Bonchev–Trinajstić information content (AvgIpc) is 3.46. The number of thiophene rings is 1. The van der Waals surface area contributed by atoms with Gasteiger partial charge in [-0.15, -0.1) is 11.3 Å². The van der Waals surface area contributed by atoms with Gasteiger partial charge < -0.3 is 5.32 Å². The summed E-state index contributed by atoms with van der Waals surface area (Å²) >= 11 is 1.23. The van der Waals surface area contributed by atoms with E-state index in [0.717, 1.165) is 34.4 Å². The fourth-order valence-electron chi connectivity index (χ4n) is 3.53. The summed E-state index contributed by atoms with van der Waals surface area (Å²) in [7, 11) is -3.39. The zero-order valence-electron chi connectivity index (χ0n) is 16.6. The highest BCUT2D eigenvalue weighted by Crippen LogP contribution is 2.27. The van der Waals surface area contributed by atoms with Crippen LogP contribution in [0.2, 0.25) is 0 Å². The Morgan fingerprint density at radius 1 is 0.900 bits per heavy atom. The highest BCUT2D eigenvalue weighted by molar-refractivity contribution is 7.91. The van der Waals surface area contributed by atoms with Crippen LogP contribution >= 0.6 is 11.3 Å². The molecule has 0 aliphatic carbocycles. The number of hydrogen-bond donors (Lipinski definition) is 1. The Morgan fingerprint density at radius 2 is 1.57 bits per heavy atom. The van der Waals surface area contributed by atoms with Crippen molar-refractivity contribution in [2.45, 2.75) is 30.0 Å². The second-order valence-corrected chi connectivity index (χ2v) is 10.7. The second kappa shape index (κ2) is 9.12. The van der Waals surface area contributed by atoms with Crippen molar-refractivity contribution in [3.05, 3.63) is 77.2 Å². The Bertz CT molecular complexity index is 1100. The molecule has 0 atom stereocenters. The van der Waals surface area contributed by atoms with Crippen LogP contribution in [-0.4, -0.2) is 31.7 Å². The Balaban J connectivity index is 1.31. The molecular formula is C23H24N2O3S2. The first-order valence-electron chi connectivity index (χ1n) is 10.0. The number of carbonyl (C=O) groups excluding carboxylic acids is 1. The van der Waals surface area contributed by atoms with Crippen molar-refractivity contribution in [3.63, 3.8) is 0 Å². The lowest BCUT2D eigenvalue weighted by atomic mass is 10.0. The van der Waals surface area contributed by atoms with E-state index in [4.69, 9.17) is 0 Å². The van der Waals surface area contributed by atoms with Crippen LogP contribution in [0.5, 0.6) is 0 Å². The summed E-state index contributed by atoms with van der Waals surface area (Å²) in [5.41, 5.74) is 3.20. The van der Waals surface area contributed by atoms with Gasteiger partial charge in [0.15, 0.2) is 0 Å². The van der Waals surface area contributed by atoms with Gasteiger partial charge in [-0.05, 0) is 41.7 Å². The molecule has 3 aromatic rings. The van der Waals surface area contributed by atoms with Crippen molar-refractivity contribution < 1.29 is 13.2 Å². The summed E-state index contributed by atoms with van der Waals surface area (Å²) in [6.07, 6.45) is 2.12. The first kappa shape index (κ1) is 20.8. The van der Waals surface area contributed by atoms with E-state index in [0.29, 0.717) is 30.3 Å². The van der Waals surface area contributed by atoms with E-state index < -0.39 is 10.0 Å². The molecule has 0 unspecified atom stereocenters. The van der Waals surface area contributed by atoms with Crippen molar-refractivity contribution in [2.24, 2.45) is 0 Å². The molecule has 1 N–H and O–H groups in total. The van der Waals surface area contributed by atoms with Crippen LogP contribution in [0.3, 0.4) is 0 Å². The molecule has 0 spiro atoms. The molecule has 156 valence electrons. The van der Waals surface area contributed by atoms with Gasteiger partial charge >= 0.3 is 0 Å². The first-order chi connectivity index (χ1) is 14.5. The number of benzene rings is 2. The quantitative estimate of drug-likeness (QED) is 0.603. The maximum Gasteiger partial charge on any atom is 0.252 e. The molecule has 0 saturated carbocycles. The molecule has 2 aromatic carbocycles. The number of nitrogens with zero attached hydrogens (tertiary/aromatic N) is 1. The van der Waals surface area contributed by atoms with Crippen LogP contribution in [0.4, 0.5) is 0 Å². The summed E-state index contributed by atoms with van der Waals surface area (Å²) in [4.78, 5) is 13.2. The van der Waals surface area contributed by atoms with Gasteiger partial charge in [0.25, 0.3) is 10.0 Å². The van der Waals surface area contributed by atoms with Crippen molar-refractivity contribution >= 4 is 27.3 Å². The Labute approximate surface area is 181 Å². The van der Waals surface area contributed by atoms with E-state index in [-0.39, 0.29) is 5.91 Å². The minimum absolute atomic E-state index is 0.0835. The Hall–Kier alpha value is -2.48. The average molecular weight is 441 g/mol. The highest BCUT2D eigenvalue weighted by Gasteiger charge is 2.28. The minimum atomic E-state index is -3.39. The second-order valence-electron chi connectivity index (χ2n) is 7.35. The van der Waals surface area contributed by atoms with E-state index in [2.05, 4.69) is 17.4 Å². The van der Waals surface area contributed by atoms with Crippen LogP contribution in [0.1, 0.15) is 23.3 Å². The normalized spacial score (nSPS) is 14.7. The largest absolute Gasteiger partial charge is 0.351 e. The molecule has 1 aromatic heterocycles. The smallest absolute Gasteiger partial charge is 0.252 e. The van der Waals surface area contributed by atoms with Crippen LogP contribution in [-0.2, 0) is 27.8 Å². The van der Waals surface area contributed by atoms with Crippen molar-refractivity contribution in [3.8, 4) is 11.1 Å². The van der Waals surface area contributed by atoms with Crippen molar-refractivity contribution in [1.82, 2.24) is 9.62 Å². The third-order valence-corrected chi connectivity index (χ3v) is 8.63. The van der Waals surface area contributed by atoms with Crippen molar-refractivity contribution in [1.29, 1.82) is 0 Å². The van der Waals surface area contributed by atoms with E-state index in [9.17, 15) is 13.2 Å². The lowest BCUT2D eigenvalue weighted by Crippen LogP contribution is -2.27. The van der Waals surface area contributed by atoms with Crippen molar-refractivity contribution in [2.75, 3.05) is 13.1 Å². The third-order valence-electron chi connectivity index (χ3n) is 5.18. The SMILES string of the molecule is O=C(Cc1ccc(-c2ccccc2)cc1)NCc1ccc(S(=O)(=O)N2CCCC2)s1. The molecule has 2 heterocycles. The van der Waals surface area contributed by atoms with Crippen LogP contribution in [0.25, 0.3) is 11.1 Å². The molecule has 7 heteroatoms. The van der Waals surface area contributed by atoms with E-state index in [1.807, 2.05) is 42.5 Å². The number of rotatable bonds is 7. The third kappa shape index (κ3) is 4.80. The molecule has 0 bridgehead atoms. The zero-order chi connectivity index (χ0) is 21.0. The summed E-state index contributed by atoms with van der Waals surface area (Å²) in [5.74, 6) is -0.0835. The van der Waals surface area contributed by atoms with E-state index in [1.54, 1.807) is 16.4 Å². The molecule has 5 nitrogen and oxygen atoms in total. The van der Waals surface area contributed by atoms with E-state index >= 15 is 0 Å². The minimum Gasteiger partial charge on any atom is -0.351 e. The lowest BCUT2D eigenvalue weighted by molar-refractivity contribution is -0.120.